The fraction of sp³-hybridized carbons (Fsp3) is 0.250. The summed E-state index contributed by atoms with van der Waals surface area (Å²) in [6, 6.07) is 10.8. The predicted octanol–water partition coefficient (Wildman–Crippen LogP) is 3.35. The molecule has 114 valence electrons. The minimum atomic E-state index is 0.0454. The number of hydrogen-bond donors (Lipinski definition) is 0. The van der Waals surface area contributed by atoms with E-state index in [1.165, 1.54) is 0 Å². The van der Waals surface area contributed by atoms with E-state index in [4.69, 9.17) is 23.2 Å². The molecule has 1 fully saturated rings. The second-order valence-corrected chi connectivity index (χ2v) is 5.95. The first-order valence-corrected chi connectivity index (χ1v) is 7.80. The SMILES string of the molecule is O=C(c1ccc(Cl)cc1)N1CCN(c2ccnc(Cl)c2)CC1. The van der Waals surface area contributed by atoms with E-state index in [1.807, 2.05) is 17.0 Å². The molecule has 1 aliphatic rings. The van der Waals surface area contributed by atoms with Crippen molar-refractivity contribution in [2.24, 2.45) is 0 Å². The van der Waals surface area contributed by atoms with Crippen LogP contribution in [0, 0.1) is 0 Å². The van der Waals surface area contributed by atoms with E-state index in [9.17, 15) is 4.79 Å². The van der Waals surface area contributed by atoms with Crippen LogP contribution in [-0.2, 0) is 0 Å². The number of piperazine rings is 1. The van der Waals surface area contributed by atoms with Gasteiger partial charge in [0, 0.05) is 48.6 Å². The second-order valence-electron chi connectivity index (χ2n) is 5.12. The van der Waals surface area contributed by atoms with E-state index in [0.29, 0.717) is 28.8 Å². The first-order chi connectivity index (χ1) is 10.6. The highest BCUT2D eigenvalue weighted by Crippen LogP contribution is 2.20. The highest BCUT2D eigenvalue weighted by molar-refractivity contribution is 6.30. The van der Waals surface area contributed by atoms with E-state index in [1.54, 1.807) is 30.5 Å². The number of aromatic nitrogens is 1. The maximum Gasteiger partial charge on any atom is 0.253 e. The molecule has 1 aliphatic heterocycles. The summed E-state index contributed by atoms with van der Waals surface area (Å²) in [6.07, 6.45) is 1.70. The highest BCUT2D eigenvalue weighted by Gasteiger charge is 2.22. The number of benzene rings is 1. The zero-order valence-electron chi connectivity index (χ0n) is 11.9. The third kappa shape index (κ3) is 3.34. The Kier molecular flexibility index (Phi) is 4.50. The lowest BCUT2D eigenvalue weighted by atomic mass is 10.2. The van der Waals surface area contributed by atoms with Crippen molar-refractivity contribution in [2.75, 3.05) is 31.1 Å². The van der Waals surface area contributed by atoms with Gasteiger partial charge < -0.3 is 9.80 Å². The lowest BCUT2D eigenvalue weighted by Gasteiger charge is -2.36. The van der Waals surface area contributed by atoms with Crippen molar-refractivity contribution in [1.29, 1.82) is 0 Å². The normalized spacial score (nSPS) is 15.0. The molecule has 22 heavy (non-hydrogen) atoms. The van der Waals surface area contributed by atoms with Gasteiger partial charge in [0.25, 0.3) is 5.91 Å². The Morgan fingerprint density at radius 1 is 1.00 bits per heavy atom. The van der Waals surface area contributed by atoms with Gasteiger partial charge in [-0.2, -0.15) is 0 Å². The molecule has 1 aromatic carbocycles. The summed E-state index contributed by atoms with van der Waals surface area (Å²) in [7, 11) is 0. The van der Waals surface area contributed by atoms with Gasteiger partial charge in [-0.1, -0.05) is 23.2 Å². The third-order valence-corrected chi connectivity index (χ3v) is 4.19. The number of nitrogens with zero attached hydrogens (tertiary/aromatic N) is 3. The van der Waals surface area contributed by atoms with Crippen LogP contribution < -0.4 is 4.90 Å². The van der Waals surface area contributed by atoms with Crippen molar-refractivity contribution in [3.63, 3.8) is 0 Å². The third-order valence-electron chi connectivity index (χ3n) is 3.73. The van der Waals surface area contributed by atoms with Gasteiger partial charge >= 0.3 is 0 Å². The topological polar surface area (TPSA) is 36.4 Å². The van der Waals surface area contributed by atoms with Gasteiger partial charge in [-0.15, -0.1) is 0 Å². The van der Waals surface area contributed by atoms with E-state index in [0.717, 1.165) is 18.8 Å². The van der Waals surface area contributed by atoms with E-state index in [2.05, 4.69) is 9.88 Å². The van der Waals surface area contributed by atoms with E-state index >= 15 is 0 Å². The standard InChI is InChI=1S/C16H15Cl2N3O/c17-13-3-1-12(2-4-13)16(22)21-9-7-20(8-10-21)14-5-6-19-15(18)11-14/h1-6,11H,7-10H2. The maximum absolute atomic E-state index is 12.4. The molecule has 0 N–H and O–H groups in total. The molecule has 1 amide bonds. The molecule has 0 saturated carbocycles. The van der Waals surface area contributed by atoms with Gasteiger partial charge in [0.05, 0.1) is 0 Å². The molecule has 4 nitrogen and oxygen atoms in total. The summed E-state index contributed by atoms with van der Waals surface area (Å²) < 4.78 is 0. The van der Waals surface area contributed by atoms with Gasteiger partial charge in [0.2, 0.25) is 0 Å². The molecule has 3 rings (SSSR count). The number of anilines is 1. The second kappa shape index (κ2) is 6.55. The first kappa shape index (κ1) is 15.1. The number of halogens is 2. The Hall–Kier alpha value is -1.78. The molecule has 2 heterocycles. The maximum atomic E-state index is 12.4. The molecule has 0 unspecified atom stereocenters. The van der Waals surface area contributed by atoms with Crippen molar-refractivity contribution in [3.8, 4) is 0 Å². The molecule has 1 aromatic heterocycles. The van der Waals surface area contributed by atoms with Gasteiger partial charge in [-0.05, 0) is 36.4 Å². The van der Waals surface area contributed by atoms with E-state index < -0.39 is 0 Å². The molecule has 0 aliphatic carbocycles. The molecule has 0 radical (unpaired) electrons. The minimum absolute atomic E-state index is 0.0454. The molecular weight excluding hydrogens is 321 g/mol. The van der Waals surface area contributed by atoms with Crippen LogP contribution in [-0.4, -0.2) is 42.0 Å². The molecule has 0 spiro atoms. The molecule has 6 heteroatoms. The first-order valence-electron chi connectivity index (χ1n) is 7.05. The summed E-state index contributed by atoms with van der Waals surface area (Å²) in [6.45, 7) is 2.92. The number of rotatable bonds is 2. The Bertz CT molecular complexity index is 667. The summed E-state index contributed by atoms with van der Waals surface area (Å²) in [5, 5.41) is 1.12. The average molecular weight is 336 g/mol. The quantitative estimate of drug-likeness (QED) is 0.789. The van der Waals surface area contributed by atoms with Crippen LogP contribution in [0.5, 0.6) is 0 Å². The van der Waals surface area contributed by atoms with Crippen LogP contribution >= 0.6 is 23.2 Å². The van der Waals surface area contributed by atoms with Crippen molar-refractivity contribution in [1.82, 2.24) is 9.88 Å². The van der Waals surface area contributed by atoms with Crippen LogP contribution in [0.25, 0.3) is 0 Å². The zero-order valence-corrected chi connectivity index (χ0v) is 13.4. The lowest BCUT2D eigenvalue weighted by molar-refractivity contribution is 0.0747. The van der Waals surface area contributed by atoms with Crippen LogP contribution in [0.4, 0.5) is 5.69 Å². The molecule has 0 bridgehead atoms. The van der Waals surface area contributed by atoms with Crippen molar-refractivity contribution >= 4 is 34.8 Å². The summed E-state index contributed by atoms with van der Waals surface area (Å²) in [5.74, 6) is 0.0454. The fourth-order valence-corrected chi connectivity index (χ4v) is 2.83. The van der Waals surface area contributed by atoms with Gasteiger partial charge in [0.1, 0.15) is 5.15 Å². The number of carbonyl (C=O) groups is 1. The fourth-order valence-electron chi connectivity index (χ4n) is 2.53. The van der Waals surface area contributed by atoms with Gasteiger partial charge in [0.15, 0.2) is 0 Å². The lowest BCUT2D eigenvalue weighted by Crippen LogP contribution is -2.48. The van der Waals surface area contributed by atoms with E-state index in [-0.39, 0.29) is 5.91 Å². The molecule has 2 aromatic rings. The number of carbonyl (C=O) groups excluding carboxylic acids is 1. The average Bonchev–Trinajstić information content (AvgIpc) is 2.55. The van der Waals surface area contributed by atoms with Crippen LogP contribution in [0.3, 0.4) is 0 Å². The molecular formula is C16H15Cl2N3O. The predicted molar refractivity (Wildman–Crippen MR) is 88.8 cm³/mol. The Balaban J connectivity index is 1.64. The summed E-state index contributed by atoms with van der Waals surface area (Å²) in [5.41, 5.74) is 1.71. The van der Waals surface area contributed by atoms with Crippen LogP contribution in [0.1, 0.15) is 10.4 Å². The number of hydrogen-bond acceptors (Lipinski definition) is 3. The monoisotopic (exact) mass is 335 g/mol. The molecule has 0 atom stereocenters. The van der Waals surface area contributed by atoms with Crippen LogP contribution in [0.15, 0.2) is 42.6 Å². The zero-order chi connectivity index (χ0) is 15.5. The summed E-state index contributed by atoms with van der Waals surface area (Å²) in [4.78, 5) is 20.5. The van der Waals surface area contributed by atoms with Crippen molar-refractivity contribution < 1.29 is 4.79 Å². The number of amides is 1. The Labute approximate surface area is 139 Å². The summed E-state index contributed by atoms with van der Waals surface area (Å²) >= 11 is 11.8. The Morgan fingerprint density at radius 3 is 2.32 bits per heavy atom. The number of pyridine rings is 1. The van der Waals surface area contributed by atoms with Gasteiger partial charge in [-0.25, -0.2) is 4.98 Å². The largest absolute Gasteiger partial charge is 0.368 e. The van der Waals surface area contributed by atoms with Crippen molar-refractivity contribution in [3.05, 3.63) is 58.3 Å². The van der Waals surface area contributed by atoms with Crippen LogP contribution in [0.2, 0.25) is 10.2 Å². The minimum Gasteiger partial charge on any atom is -0.368 e. The Morgan fingerprint density at radius 2 is 1.68 bits per heavy atom. The molecule has 1 saturated heterocycles. The highest BCUT2D eigenvalue weighted by atomic mass is 35.5. The van der Waals surface area contributed by atoms with Gasteiger partial charge in [-0.3, -0.25) is 4.79 Å². The van der Waals surface area contributed by atoms with Crippen molar-refractivity contribution in [2.45, 2.75) is 0 Å². The smallest absolute Gasteiger partial charge is 0.253 e.